The third-order valence-electron chi connectivity index (χ3n) is 7.79. The first-order valence-corrected chi connectivity index (χ1v) is 11.6. The number of pyridine rings is 1. The van der Waals surface area contributed by atoms with E-state index in [2.05, 4.69) is 64.9 Å². The molecule has 0 amide bonds. The van der Waals surface area contributed by atoms with Gasteiger partial charge in [0, 0.05) is 35.8 Å². The molecular formula is C27H26N4. The van der Waals surface area contributed by atoms with E-state index < -0.39 is 0 Å². The van der Waals surface area contributed by atoms with Crippen molar-refractivity contribution in [3.63, 3.8) is 0 Å². The van der Waals surface area contributed by atoms with Gasteiger partial charge >= 0.3 is 0 Å². The summed E-state index contributed by atoms with van der Waals surface area (Å²) in [7, 11) is 0. The highest BCUT2D eigenvalue weighted by atomic mass is 15.2. The van der Waals surface area contributed by atoms with Crippen LogP contribution >= 0.6 is 0 Å². The van der Waals surface area contributed by atoms with E-state index in [-0.39, 0.29) is 5.41 Å². The summed E-state index contributed by atoms with van der Waals surface area (Å²) in [5.74, 6) is 2.32. The molecule has 31 heavy (non-hydrogen) atoms. The van der Waals surface area contributed by atoms with Crippen molar-refractivity contribution in [2.24, 2.45) is 0 Å². The van der Waals surface area contributed by atoms with E-state index in [0.717, 1.165) is 24.3 Å². The third kappa shape index (κ3) is 2.36. The maximum absolute atomic E-state index is 4.91. The molecule has 0 radical (unpaired) electrons. The highest BCUT2D eigenvalue weighted by molar-refractivity contribution is 5.82. The average Bonchev–Trinajstić information content (AvgIpc) is 3.43. The fourth-order valence-electron chi connectivity index (χ4n) is 6.34. The molecule has 1 fully saturated rings. The van der Waals surface area contributed by atoms with Crippen molar-refractivity contribution in [3.05, 3.63) is 77.2 Å². The van der Waals surface area contributed by atoms with Crippen molar-refractivity contribution in [1.29, 1.82) is 0 Å². The molecule has 4 heteroatoms. The second kappa shape index (κ2) is 6.19. The topological polar surface area (TPSA) is 34.0 Å². The number of para-hydroxylation sites is 2. The highest BCUT2D eigenvalue weighted by Crippen LogP contribution is 2.51. The summed E-state index contributed by atoms with van der Waals surface area (Å²) >= 11 is 0. The predicted molar refractivity (Wildman–Crippen MR) is 125 cm³/mol. The Morgan fingerprint density at radius 1 is 0.935 bits per heavy atom. The zero-order valence-corrected chi connectivity index (χ0v) is 17.9. The Morgan fingerprint density at radius 3 is 2.71 bits per heavy atom. The lowest BCUT2D eigenvalue weighted by molar-refractivity contribution is 0.314. The Hall–Kier alpha value is -3.14. The van der Waals surface area contributed by atoms with Gasteiger partial charge in [0.1, 0.15) is 11.6 Å². The lowest BCUT2D eigenvalue weighted by Crippen LogP contribution is -2.33. The first-order valence-electron chi connectivity index (χ1n) is 11.6. The van der Waals surface area contributed by atoms with Crippen molar-refractivity contribution < 1.29 is 0 Å². The molecule has 2 aliphatic heterocycles. The molecule has 2 aromatic heterocycles. The Balaban J connectivity index is 1.36. The van der Waals surface area contributed by atoms with Crippen LogP contribution in [-0.4, -0.2) is 21.1 Å². The number of hydrogen-bond donors (Lipinski definition) is 0. The second-order valence-electron chi connectivity index (χ2n) is 9.60. The summed E-state index contributed by atoms with van der Waals surface area (Å²) in [4.78, 5) is 12.3. The molecule has 4 nitrogen and oxygen atoms in total. The van der Waals surface area contributed by atoms with Crippen LogP contribution in [-0.2, 0) is 11.8 Å². The Labute approximate surface area is 182 Å². The maximum Gasteiger partial charge on any atom is 0.136 e. The molecule has 1 aliphatic carbocycles. The van der Waals surface area contributed by atoms with Crippen LogP contribution in [0.3, 0.4) is 0 Å². The lowest BCUT2D eigenvalue weighted by atomic mass is 9.71. The maximum atomic E-state index is 4.91. The van der Waals surface area contributed by atoms with Crippen molar-refractivity contribution >= 4 is 22.5 Å². The molecule has 0 atom stereocenters. The molecule has 0 bridgehead atoms. The number of fused-ring (bicyclic) bond motifs is 7. The number of nitrogens with zero attached hydrogens (tertiary/aromatic N) is 4. The molecule has 4 heterocycles. The van der Waals surface area contributed by atoms with Crippen LogP contribution in [0.25, 0.3) is 16.7 Å². The molecular weight excluding hydrogens is 380 g/mol. The number of anilines is 2. The molecule has 4 aromatic rings. The van der Waals surface area contributed by atoms with Gasteiger partial charge in [-0.15, -0.1) is 0 Å². The molecule has 3 aliphatic rings. The zero-order valence-electron chi connectivity index (χ0n) is 17.9. The minimum Gasteiger partial charge on any atom is -0.325 e. The minimum absolute atomic E-state index is 0.274. The SMILES string of the molecule is Cc1cc2c(cc1N1CC3(CCCCC3)c3cccnc31)Cc1nc3ccccc3n1-2. The fraction of sp³-hybridized carbons (Fsp3) is 0.333. The number of benzene rings is 2. The quantitative estimate of drug-likeness (QED) is 0.343. The summed E-state index contributed by atoms with van der Waals surface area (Å²) in [5.41, 5.74) is 9.32. The van der Waals surface area contributed by atoms with E-state index in [0.29, 0.717) is 0 Å². The largest absolute Gasteiger partial charge is 0.325 e. The molecule has 0 N–H and O–H groups in total. The first-order chi connectivity index (χ1) is 15.2. The summed E-state index contributed by atoms with van der Waals surface area (Å²) in [6, 6.07) is 17.7. The van der Waals surface area contributed by atoms with E-state index in [9.17, 15) is 0 Å². The van der Waals surface area contributed by atoms with Crippen molar-refractivity contribution in [2.75, 3.05) is 11.4 Å². The Kier molecular flexibility index (Phi) is 3.50. The van der Waals surface area contributed by atoms with Gasteiger partial charge in [-0.2, -0.15) is 0 Å². The zero-order chi connectivity index (χ0) is 20.6. The average molecular weight is 407 g/mol. The van der Waals surface area contributed by atoms with E-state index in [1.807, 2.05) is 6.20 Å². The fourth-order valence-corrected chi connectivity index (χ4v) is 6.34. The third-order valence-corrected chi connectivity index (χ3v) is 7.79. The van der Waals surface area contributed by atoms with Crippen LogP contribution < -0.4 is 4.90 Å². The van der Waals surface area contributed by atoms with Gasteiger partial charge < -0.3 is 4.90 Å². The van der Waals surface area contributed by atoms with E-state index >= 15 is 0 Å². The predicted octanol–water partition coefficient (Wildman–Crippen LogP) is 5.99. The molecule has 1 saturated carbocycles. The van der Waals surface area contributed by atoms with Gasteiger partial charge in [0.2, 0.25) is 0 Å². The summed E-state index contributed by atoms with van der Waals surface area (Å²) in [6.45, 7) is 3.31. The van der Waals surface area contributed by atoms with Gasteiger partial charge in [-0.25, -0.2) is 9.97 Å². The van der Waals surface area contributed by atoms with Crippen LogP contribution in [0.4, 0.5) is 11.5 Å². The number of imidazole rings is 1. The van der Waals surface area contributed by atoms with Crippen LogP contribution in [0.2, 0.25) is 0 Å². The number of aryl methyl sites for hydroxylation is 1. The summed E-state index contributed by atoms with van der Waals surface area (Å²) in [5, 5.41) is 0. The number of rotatable bonds is 1. The van der Waals surface area contributed by atoms with Crippen molar-refractivity contribution in [2.45, 2.75) is 50.9 Å². The van der Waals surface area contributed by atoms with Crippen LogP contribution in [0.1, 0.15) is 54.6 Å². The van der Waals surface area contributed by atoms with E-state index in [1.165, 1.54) is 71.5 Å². The molecule has 0 unspecified atom stereocenters. The van der Waals surface area contributed by atoms with Crippen LogP contribution in [0.15, 0.2) is 54.7 Å². The van der Waals surface area contributed by atoms with Crippen molar-refractivity contribution in [1.82, 2.24) is 14.5 Å². The monoisotopic (exact) mass is 406 g/mol. The Morgan fingerprint density at radius 2 is 1.81 bits per heavy atom. The standard InChI is InChI=1S/C27H26N4/c1-18-14-24-19(16-25-29-21-9-3-4-10-22(21)31(24)25)15-23(18)30-17-27(11-5-2-6-12-27)20-8-7-13-28-26(20)30/h3-4,7-10,13-15H,2,5-6,11-12,16-17H2,1H3. The van der Waals surface area contributed by atoms with E-state index in [4.69, 9.17) is 9.97 Å². The molecule has 7 rings (SSSR count). The smallest absolute Gasteiger partial charge is 0.136 e. The van der Waals surface area contributed by atoms with Gasteiger partial charge in [-0.1, -0.05) is 37.5 Å². The lowest BCUT2D eigenvalue weighted by Gasteiger charge is -2.34. The molecule has 2 aromatic carbocycles. The number of hydrogen-bond acceptors (Lipinski definition) is 3. The molecule has 154 valence electrons. The highest BCUT2D eigenvalue weighted by Gasteiger charge is 2.44. The summed E-state index contributed by atoms with van der Waals surface area (Å²) < 4.78 is 2.35. The van der Waals surface area contributed by atoms with Crippen LogP contribution in [0, 0.1) is 6.92 Å². The first kappa shape index (κ1) is 17.5. The van der Waals surface area contributed by atoms with Crippen molar-refractivity contribution in [3.8, 4) is 5.69 Å². The second-order valence-corrected chi connectivity index (χ2v) is 9.60. The molecule has 1 spiro atoms. The van der Waals surface area contributed by atoms with Crippen LogP contribution in [0.5, 0.6) is 0 Å². The van der Waals surface area contributed by atoms with Gasteiger partial charge in [-0.05, 0) is 61.2 Å². The molecule has 0 saturated heterocycles. The van der Waals surface area contributed by atoms with Gasteiger partial charge in [0.05, 0.1) is 16.7 Å². The summed E-state index contributed by atoms with van der Waals surface area (Å²) in [6.07, 6.45) is 9.46. The van der Waals surface area contributed by atoms with Gasteiger partial charge in [0.15, 0.2) is 0 Å². The van der Waals surface area contributed by atoms with E-state index in [1.54, 1.807) is 0 Å². The van der Waals surface area contributed by atoms with Gasteiger partial charge in [-0.3, -0.25) is 4.57 Å². The normalized spacial score (nSPS) is 18.4. The van der Waals surface area contributed by atoms with Gasteiger partial charge in [0.25, 0.3) is 0 Å². The minimum atomic E-state index is 0.274. The number of aromatic nitrogens is 3. The Bertz CT molecular complexity index is 1340.